The van der Waals surface area contributed by atoms with Gasteiger partial charge in [-0.25, -0.2) is 13.8 Å². The highest BCUT2D eigenvalue weighted by molar-refractivity contribution is 6.62. The lowest BCUT2D eigenvalue weighted by molar-refractivity contribution is -0.170. The van der Waals surface area contributed by atoms with Crippen LogP contribution in [0, 0.1) is 11.3 Å². The number of halogens is 2. The van der Waals surface area contributed by atoms with E-state index in [9.17, 15) is 8.78 Å². The van der Waals surface area contributed by atoms with Crippen LogP contribution in [0.5, 0.6) is 5.75 Å². The van der Waals surface area contributed by atoms with Gasteiger partial charge in [0.15, 0.2) is 11.6 Å². The first-order valence-corrected chi connectivity index (χ1v) is 11.2. The molecule has 1 saturated carbocycles. The first kappa shape index (κ1) is 21.4. The van der Waals surface area contributed by atoms with Crippen LogP contribution in [0.25, 0.3) is 0 Å². The summed E-state index contributed by atoms with van der Waals surface area (Å²) in [4.78, 5) is 9.00. The van der Waals surface area contributed by atoms with E-state index in [1.807, 2.05) is 33.8 Å². The standard InChI is InChI=1S/C22H32BF2N3O3/c1-19(2)20(3,4)31-23(30-19)16-6-17(29-10-15-8-27(5)9-15)18(26-7-16)28-13-21(14-28)11-22(24,25)12-21/h6-7,15H,8-14H2,1-5H3. The molecule has 4 heterocycles. The van der Waals surface area contributed by atoms with Crippen molar-refractivity contribution in [3.8, 4) is 5.75 Å². The van der Waals surface area contributed by atoms with Gasteiger partial charge in [-0.15, -0.1) is 0 Å². The minimum Gasteiger partial charge on any atom is -0.489 e. The lowest BCUT2D eigenvalue weighted by atomic mass is 9.61. The van der Waals surface area contributed by atoms with Crippen LogP contribution in [-0.4, -0.2) is 74.0 Å². The van der Waals surface area contributed by atoms with Gasteiger partial charge in [-0.2, -0.15) is 0 Å². The lowest BCUT2D eigenvalue weighted by Crippen LogP contribution is -2.66. The van der Waals surface area contributed by atoms with Crippen molar-refractivity contribution in [3.05, 3.63) is 12.3 Å². The van der Waals surface area contributed by atoms with Crippen LogP contribution in [0.4, 0.5) is 14.6 Å². The van der Waals surface area contributed by atoms with Gasteiger partial charge < -0.3 is 23.8 Å². The Kier molecular flexibility index (Phi) is 4.68. The highest BCUT2D eigenvalue weighted by Crippen LogP contribution is 2.57. The molecule has 0 aromatic carbocycles. The van der Waals surface area contributed by atoms with Gasteiger partial charge in [0.1, 0.15) is 0 Å². The second kappa shape index (κ2) is 6.78. The van der Waals surface area contributed by atoms with Gasteiger partial charge in [0, 0.05) is 62.0 Å². The van der Waals surface area contributed by atoms with E-state index in [0.717, 1.165) is 24.4 Å². The van der Waals surface area contributed by atoms with Gasteiger partial charge in [-0.05, 0) is 40.8 Å². The van der Waals surface area contributed by atoms with E-state index in [1.165, 1.54) is 0 Å². The smallest absolute Gasteiger partial charge is 0.489 e. The summed E-state index contributed by atoms with van der Waals surface area (Å²) < 4.78 is 45.4. The monoisotopic (exact) mass is 435 g/mol. The molecule has 4 aliphatic rings. The molecule has 0 unspecified atom stereocenters. The minimum atomic E-state index is -2.50. The van der Waals surface area contributed by atoms with E-state index in [1.54, 1.807) is 6.20 Å². The molecule has 1 aliphatic carbocycles. The summed E-state index contributed by atoms with van der Waals surface area (Å²) in [6.45, 7) is 11.9. The van der Waals surface area contributed by atoms with Crippen LogP contribution in [-0.2, 0) is 9.31 Å². The summed E-state index contributed by atoms with van der Waals surface area (Å²) in [7, 11) is 1.58. The van der Waals surface area contributed by atoms with E-state index < -0.39 is 24.2 Å². The van der Waals surface area contributed by atoms with Crippen LogP contribution >= 0.6 is 0 Å². The average Bonchev–Trinajstić information content (AvgIpc) is 2.81. The Morgan fingerprint density at radius 2 is 1.74 bits per heavy atom. The van der Waals surface area contributed by atoms with E-state index in [4.69, 9.17) is 14.0 Å². The third kappa shape index (κ3) is 3.72. The highest BCUT2D eigenvalue weighted by atomic mass is 19.3. The van der Waals surface area contributed by atoms with Gasteiger partial charge in [-0.3, -0.25) is 0 Å². The predicted molar refractivity (Wildman–Crippen MR) is 115 cm³/mol. The molecule has 0 radical (unpaired) electrons. The molecule has 6 nitrogen and oxygen atoms in total. The van der Waals surface area contributed by atoms with Gasteiger partial charge in [0.25, 0.3) is 0 Å². The summed E-state index contributed by atoms with van der Waals surface area (Å²) >= 11 is 0. The van der Waals surface area contributed by atoms with Crippen molar-refractivity contribution in [2.45, 2.75) is 57.7 Å². The largest absolute Gasteiger partial charge is 0.496 e. The van der Waals surface area contributed by atoms with Crippen molar-refractivity contribution >= 4 is 18.4 Å². The molecule has 0 bridgehead atoms. The highest BCUT2D eigenvalue weighted by Gasteiger charge is 2.62. The number of ether oxygens (including phenoxy) is 1. The molecule has 0 atom stereocenters. The zero-order chi connectivity index (χ0) is 22.2. The van der Waals surface area contributed by atoms with Gasteiger partial charge in [0.05, 0.1) is 17.8 Å². The number of pyridine rings is 1. The second-order valence-corrected chi connectivity index (χ2v) is 11.1. The van der Waals surface area contributed by atoms with Crippen LogP contribution < -0.4 is 15.1 Å². The number of hydrogen-bond donors (Lipinski definition) is 0. The summed E-state index contributed by atoms with van der Waals surface area (Å²) in [5.41, 5.74) is -0.322. The fraction of sp³-hybridized carbons (Fsp3) is 0.773. The molecule has 5 rings (SSSR count). The fourth-order valence-electron chi connectivity index (χ4n) is 5.23. The van der Waals surface area contributed by atoms with Crippen LogP contribution in [0.2, 0.25) is 0 Å². The Hall–Kier alpha value is -1.45. The number of nitrogens with zero attached hydrogens (tertiary/aromatic N) is 3. The molecule has 0 N–H and O–H groups in total. The molecule has 170 valence electrons. The lowest BCUT2D eigenvalue weighted by Gasteiger charge is -2.59. The Morgan fingerprint density at radius 1 is 1.13 bits per heavy atom. The summed E-state index contributed by atoms with van der Waals surface area (Å²) in [5, 5.41) is 0. The van der Waals surface area contributed by atoms with Crippen LogP contribution in [0.15, 0.2) is 12.3 Å². The topological polar surface area (TPSA) is 47.1 Å². The third-order valence-electron chi connectivity index (χ3n) is 7.61. The number of alkyl halides is 2. The molecular weight excluding hydrogens is 403 g/mol. The summed E-state index contributed by atoms with van der Waals surface area (Å²) in [6, 6.07) is 1.95. The van der Waals surface area contributed by atoms with Crippen molar-refractivity contribution in [2.24, 2.45) is 11.3 Å². The maximum absolute atomic E-state index is 13.4. The number of aromatic nitrogens is 1. The molecule has 3 saturated heterocycles. The Morgan fingerprint density at radius 3 is 2.29 bits per heavy atom. The van der Waals surface area contributed by atoms with Crippen molar-refractivity contribution in [1.82, 2.24) is 9.88 Å². The number of hydrogen-bond acceptors (Lipinski definition) is 6. The van der Waals surface area contributed by atoms with Crippen LogP contribution in [0.1, 0.15) is 40.5 Å². The normalized spacial score (nSPS) is 28.2. The maximum Gasteiger partial charge on any atom is 0.496 e. The zero-order valence-electron chi connectivity index (χ0n) is 19.1. The first-order chi connectivity index (χ1) is 14.4. The van der Waals surface area contributed by atoms with Crippen molar-refractivity contribution in [3.63, 3.8) is 0 Å². The molecule has 4 fully saturated rings. The zero-order valence-corrected chi connectivity index (χ0v) is 19.1. The van der Waals surface area contributed by atoms with Crippen molar-refractivity contribution in [1.29, 1.82) is 0 Å². The summed E-state index contributed by atoms with van der Waals surface area (Å²) in [5.74, 6) is -0.599. The number of rotatable bonds is 5. The molecule has 3 aliphatic heterocycles. The molecule has 1 spiro atoms. The quantitative estimate of drug-likeness (QED) is 0.663. The first-order valence-electron chi connectivity index (χ1n) is 11.2. The SMILES string of the molecule is CN1CC(COc2cc(B3OC(C)(C)C(C)(C)O3)cnc2N2CC3(C2)CC(F)(F)C3)C1. The van der Waals surface area contributed by atoms with Crippen molar-refractivity contribution in [2.75, 3.05) is 44.7 Å². The number of anilines is 1. The predicted octanol–water partition coefficient (Wildman–Crippen LogP) is 2.56. The second-order valence-electron chi connectivity index (χ2n) is 11.1. The van der Waals surface area contributed by atoms with E-state index in [-0.39, 0.29) is 18.3 Å². The minimum absolute atomic E-state index is 0.0207. The van der Waals surface area contributed by atoms with E-state index in [0.29, 0.717) is 31.4 Å². The molecule has 0 amide bonds. The van der Waals surface area contributed by atoms with Crippen molar-refractivity contribution < 1.29 is 22.8 Å². The maximum atomic E-state index is 13.4. The molecule has 1 aromatic heterocycles. The average molecular weight is 435 g/mol. The van der Waals surface area contributed by atoms with E-state index in [2.05, 4.69) is 21.8 Å². The Bertz CT molecular complexity index is 844. The third-order valence-corrected chi connectivity index (χ3v) is 7.61. The molecular formula is C22H32BF2N3O3. The summed E-state index contributed by atoms with van der Waals surface area (Å²) in [6.07, 6.45) is 1.72. The fourth-order valence-corrected chi connectivity index (χ4v) is 5.23. The number of likely N-dealkylation sites (tertiary alicyclic amines) is 1. The van der Waals surface area contributed by atoms with Crippen LogP contribution in [0.3, 0.4) is 0 Å². The molecule has 1 aromatic rings. The van der Waals surface area contributed by atoms with Gasteiger partial charge in [0.2, 0.25) is 5.92 Å². The van der Waals surface area contributed by atoms with E-state index >= 15 is 0 Å². The Labute approximate surface area is 183 Å². The van der Waals surface area contributed by atoms with Gasteiger partial charge in [-0.1, -0.05) is 0 Å². The molecule has 31 heavy (non-hydrogen) atoms. The Balaban J connectivity index is 1.34. The van der Waals surface area contributed by atoms with Gasteiger partial charge >= 0.3 is 7.12 Å². The molecule has 9 heteroatoms.